The number of carbonyl (C=O) groups is 1. The Morgan fingerprint density at radius 1 is 1.33 bits per heavy atom. The van der Waals surface area contributed by atoms with Gasteiger partial charge in [-0.2, -0.15) is 0 Å². The van der Waals surface area contributed by atoms with Crippen LogP contribution < -0.4 is 4.74 Å². The van der Waals surface area contributed by atoms with Gasteiger partial charge in [0.1, 0.15) is 12.4 Å². The SMILES string of the molecule is Cc1ccccc1OCCN(C)CC(=O)N1CCOCC1. The summed E-state index contributed by atoms with van der Waals surface area (Å²) in [6.07, 6.45) is 0. The summed E-state index contributed by atoms with van der Waals surface area (Å²) in [5.74, 6) is 1.07. The highest BCUT2D eigenvalue weighted by Gasteiger charge is 2.17. The van der Waals surface area contributed by atoms with Crippen molar-refractivity contribution in [2.24, 2.45) is 0 Å². The first-order valence-electron chi connectivity index (χ1n) is 7.39. The zero-order valence-electron chi connectivity index (χ0n) is 12.9. The number of morpholine rings is 1. The van der Waals surface area contributed by atoms with E-state index in [2.05, 4.69) is 0 Å². The maximum atomic E-state index is 12.1. The molecule has 0 atom stereocenters. The van der Waals surface area contributed by atoms with Crippen molar-refractivity contribution in [2.45, 2.75) is 6.92 Å². The van der Waals surface area contributed by atoms with Crippen LogP contribution in [-0.2, 0) is 9.53 Å². The van der Waals surface area contributed by atoms with Gasteiger partial charge in [-0.3, -0.25) is 9.69 Å². The van der Waals surface area contributed by atoms with E-state index in [1.165, 1.54) is 0 Å². The topological polar surface area (TPSA) is 42.0 Å². The molecule has 2 rings (SSSR count). The monoisotopic (exact) mass is 292 g/mol. The van der Waals surface area contributed by atoms with Gasteiger partial charge in [0.15, 0.2) is 0 Å². The van der Waals surface area contributed by atoms with Crippen molar-refractivity contribution >= 4 is 5.91 Å². The van der Waals surface area contributed by atoms with Gasteiger partial charge in [0.25, 0.3) is 0 Å². The van der Waals surface area contributed by atoms with E-state index in [4.69, 9.17) is 9.47 Å². The Hall–Kier alpha value is -1.59. The molecule has 1 fully saturated rings. The zero-order valence-corrected chi connectivity index (χ0v) is 12.9. The minimum Gasteiger partial charge on any atom is -0.492 e. The number of nitrogens with zero attached hydrogens (tertiary/aromatic N) is 2. The van der Waals surface area contributed by atoms with Gasteiger partial charge in [-0.05, 0) is 25.6 Å². The molecule has 5 heteroatoms. The molecule has 0 saturated carbocycles. The lowest BCUT2D eigenvalue weighted by Gasteiger charge is -2.28. The van der Waals surface area contributed by atoms with Gasteiger partial charge in [-0.15, -0.1) is 0 Å². The normalized spacial score (nSPS) is 15.3. The second-order valence-corrected chi connectivity index (χ2v) is 5.34. The fraction of sp³-hybridized carbons (Fsp3) is 0.562. The van der Waals surface area contributed by atoms with Crippen molar-refractivity contribution < 1.29 is 14.3 Å². The number of benzene rings is 1. The van der Waals surface area contributed by atoms with Crippen molar-refractivity contribution in [2.75, 3.05) is 53.0 Å². The fourth-order valence-electron chi connectivity index (χ4n) is 2.25. The summed E-state index contributed by atoms with van der Waals surface area (Å²) in [6.45, 7) is 6.46. The number of hydrogen-bond acceptors (Lipinski definition) is 4. The summed E-state index contributed by atoms with van der Waals surface area (Å²) in [7, 11) is 1.94. The predicted molar refractivity (Wildman–Crippen MR) is 81.6 cm³/mol. The number of ether oxygens (including phenoxy) is 2. The lowest BCUT2D eigenvalue weighted by molar-refractivity contribution is -0.136. The number of rotatable bonds is 6. The highest BCUT2D eigenvalue weighted by molar-refractivity contribution is 5.78. The van der Waals surface area contributed by atoms with Crippen molar-refractivity contribution in [1.82, 2.24) is 9.80 Å². The molecule has 0 spiro atoms. The third-order valence-electron chi connectivity index (χ3n) is 3.59. The molecule has 5 nitrogen and oxygen atoms in total. The van der Waals surface area contributed by atoms with E-state index in [0.717, 1.165) is 17.9 Å². The second-order valence-electron chi connectivity index (χ2n) is 5.34. The summed E-state index contributed by atoms with van der Waals surface area (Å²) >= 11 is 0. The van der Waals surface area contributed by atoms with E-state index in [1.54, 1.807) is 0 Å². The highest BCUT2D eigenvalue weighted by atomic mass is 16.5. The number of likely N-dealkylation sites (N-methyl/N-ethyl adjacent to an activating group) is 1. The van der Waals surface area contributed by atoms with Gasteiger partial charge in [0, 0.05) is 19.6 Å². The molecule has 0 unspecified atom stereocenters. The maximum absolute atomic E-state index is 12.1. The Kier molecular flexibility index (Phi) is 6.02. The standard InChI is InChI=1S/C16H24N2O3/c1-14-5-3-4-6-15(14)21-12-7-17(2)13-16(19)18-8-10-20-11-9-18/h3-6H,7-13H2,1-2H3. The predicted octanol–water partition coefficient (Wildman–Crippen LogP) is 1.16. The molecule has 21 heavy (non-hydrogen) atoms. The maximum Gasteiger partial charge on any atom is 0.236 e. The van der Waals surface area contributed by atoms with Gasteiger partial charge in [-0.25, -0.2) is 0 Å². The third-order valence-corrected chi connectivity index (χ3v) is 3.59. The number of para-hydroxylation sites is 1. The number of hydrogen-bond donors (Lipinski definition) is 0. The van der Waals surface area contributed by atoms with Crippen molar-refractivity contribution in [3.8, 4) is 5.75 Å². The van der Waals surface area contributed by atoms with Crippen LogP contribution in [0.4, 0.5) is 0 Å². The highest BCUT2D eigenvalue weighted by Crippen LogP contribution is 2.15. The summed E-state index contributed by atoms with van der Waals surface area (Å²) in [5, 5.41) is 0. The largest absolute Gasteiger partial charge is 0.492 e. The smallest absolute Gasteiger partial charge is 0.236 e. The minimum atomic E-state index is 0.164. The second kappa shape index (κ2) is 8.00. The first-order valence-corrected chi connectivity index (χ1v) is 7.39. The van der Waals surface area contributed by atoms with E-state index < -0.39 is 0 Å². The summed E-state index contributed by atoms with van der Waals surface area (Å²) in [5.41, 5.74) is 1.13. The summed E-state index contributed by atoms with van der Waals surface area (Å²) in [6, 6.07) is 7.96. The van der Waals surface area contributed by atoms with Gasteiger partial charge in [-0.1, -0.05) is 18.2 Å². The average Bonchev–Trinajstić information content (AvgIpc) is 2.50. The molecule has 0 aliphatic carbocycles. The van der Waals surface area contributed by atoms with Gasteiger partial charge < -0.3 is 14.4 Å². The Labute approximate surface area is 126 Å². The Morgan fingerprint density at radius 2 is 2.05 bits per heavy atom. The average molecular weight is 292 g/mol. The minimum absolute atomic E-state index is 0.164. The summed E-state index contributed by atoms with van der Waals surface area (Å²) < 4.78 is 11.0. The van der Waals surface area contributed by atoms with Crippen molar-refractivity contribution in [3.63, 3.8) is 0 Å². The van der Waals surface area contributed by atoms with Crippen LogP contribution >= 0.6 is 0 Å². The lowest BCUT2D eigenvalue weighted by Crippen LogP contribution is -2.45. The molecular formula is C16H24N2O3. The van der Waals surface area contributed by atoms with Crippen molar-refractivity contribution in [3.05, 3.63) is 29.8 Å². The number of carbonyl (C=O) groups excluding carboxylic acids is 1. The van der Waals surface area contributed by atoms with Crippen LogP contribution in [0.1, 0.15) is 5.56 Å². The van der Waals surface area contributed by atoms with Gasteiger partial charge >= 0.3 is 0 Å². The molecule has 1 aliphatic rings. The van der Waals surface area contributed by atoms with E-state index >= 15 is 0 Å². The Morgan fingerprint density at radius 3 is 2.76 bits per heavy atom. The van der Waals surface area contributed by atoms with Gasteiger partial charge in [0.05, 0.1) is 19.8 Å². The van der Waals surface area contributed by atoms with Crippen LogP contribution in [0, 0.1) is 6.92 Å². The van der Waals surface area contributed by atoms with Crippen LogP contribution in [0.2, 0.25) is 0 Å². The first kappa shape index (κ1) is 15.8. The quantitative estimate of drug-likeness (QED) is 0.789. The number of amides is 1. The molecule has 1 aromatic rings. The number of aryl methyl sites for hydroxylation is 1. The van der Waals surface area contributed by atoms with E-state index in [1.807, 2.05) is 48.0 Å². The molecule has 116 valence electrons. The van der Waals surface area contributed by atoms with Crippen LogP contribution in [0.3, 0.4) is 0 Å². The molecule has 0 aromatic heterocycles. The Bertz CT molecular complexity index is 459. The molecule has 1 amide bonds. The zero-order chi connectivity index (χ0) is 15.1. The van der Waals surface area contributed by atoms with E-state index in [9.17, 15) is 4.79 Å². The van der Waals surface area contributed by atoms with E-state index in [-0.39, 0.29) is 5.91 Å². The van der Waals surface area contributed by atoms with Crippen LogP contribution in [0.25, 0.3) is 0 Å². The molecule has 1 aromatic carbocycles. The molecule has 0 N–H and O–H groups in total. The van der Waals surface area contributed by atoms with Crippen LogP contribution in [0.5, 0.6) is 5.75 Å². The molecule has 1 saturated heterocycles. The van der Waals surface area contributed by atoms with Crippen LogP contribution in [0.15, 0.2) is 24.3 Å². The molecule has 1 aliphatic heterocycles. The van der Waals surface area contributed by atoms with Crippen LogP contribution in [-0.4, -0.2) is 68.8 Å². The van der Waals surface area contributed by atoms with E-state index in [0.29, 0.717) is 39.5 Å². The molecule has 1 heterocycles. The van der Waals surface area contributed by atoms with Crippen molar-refractivity contribution in [1.29, 1.82) is 0 Å². The third kappa shape index (κ3) is 5.02. The fourth-order valence-corrected chi connectivity index (χ4v) is 2.25. The lowest BCUT2D eigenvalue weighted by atomic mass is 10.2. The first-order chi connectivity index (χ1) is 10.2. The summed E-state index contributed by atoms with van der Waals surface area (Å²) in [4.78, 5) is 15.9. The molecule has 0 radical (unpaired) electrons. The van der Waals surface area contributed by atoms with Gasteiger partial charge in [0.2, 0.25) is 5.91 Å². The Balaban J connectivity index is 1.68. The molecular weight excluding hydrogens is 268 g/mol. The molecule has 0 bridgehead atoms.